The van der Waals surface area contributed by atoms with Crippen molar-refractivity contribution in [2.24, 2.45) is 0 Å². The molecule has 0 spiro atoms. The first kappa shape index (κ1) is 14.6. The highest BCUT2D eigenvalue weighted by molar-refractivity contribution is 5.79. The van der Waals surface area contributed by atoms with Crippen molar-refractivity contribution in [1.82, 2.24) is 0 Å². The minimum atomic E-state index is -0.473. The molecule has 0 unspecified atom stereocenters. The van der Waals surface area contributed by atoms with E-state index in [1.165, 1.54) is 6.07 Å². The summed E-state index contributed by atoms with van der Waals surface area (Å²) in [6, 6.07) is 10.6. The van der Waals surface area contributed by atoms with Crippen molar-refractivity contribution in [3.63, 3.8) is 0 Å². The lowest BCUT2D eigenvalue weighted by Crippen LogP contribution is -2.10. The number of para-hydroxylation sites is 1. The fourth-order valence-electron chi connectivity index (χ4n) is 2.19. The van der Waals surface area contributed by atoms with Gasteiger partial charge in [0, 0.05) is 25.5 Å². The van der Waals surface area contributed by atoms with E-state index in [0.29, 0.717) is 5.69 Å². The van der Waals surface area contributed by atoms with E-state index in [9.17, 15) is 10.1 Å². The Bertz CT molecular complexity index is 683. The summed E-state index contributed by atoms with van der Waals surface area (Å²) in [5.74, 6) is 0. The summed E-state index contributed by atoms with van der Waals surface area (Å²) in [4.78, 5) is 12.7. The maximum Gasteiger partial charge on any atom is 0.315 e. The lowest BCUT2D eigenvalue weighted by Gasteiger charge is -2.17. The van der Waals surface area contributed by atoms with Gasteiger partial charge in [-0.3, -0.25) is 10.1 Å². The number of nitrogens with zero attached hydrogens (tertiary/aromatic N) is 2. The highest BCUT2D eigenvalue weighted by atomic mass is 16.6. The van der Waals surface area contributed by atoms with E-state index in [0.717, 1.165) is 16.9 Å². The van der Waals surface area contributed by atoms with Gasteiger partial charge in [-0.2, -0.15) is 0 Å². The Morgan fingerprint density at radius 3 is 2.57 bits per heavy atom. The Hall–Kier alpha value is -2.76. The summed E-state index contributed by atoms with van der Waals surface area (Å²) in [5.41, 5.74) is 9.06. The predicted octanol–water partition coefficient (Wildman–Crippen LogP) is 3.30. The molecule has 0 bridgehead atoms. The maximum absolute atomic E-state index is 11.1. The molecule has 6 nitrogen and oxygen atoms in total. The van der Waals surface area contributed by atoms with Crippen LogP contribution < -0.4 is 16.0 Å². The molecule has 6 heteroatoms. The molecule has 0 fully saturated rings. The predicted molar refractivity (Wildman–Crippen MR) is 86.3 cm³/mol. The Morgan fingerprint density at radius 2 is 1.95 bits per heavy atom. The molecule has 3 N–H and O–H groups in total. The molecule has 0 saturated heterocycles. The van der Waals surface area contributed by atoms with Gasteiger partial charge in [0.05, 0.1) is 4.92 Å². The number of hydrogen-bond donors (Lipinski definition) is 2. The van der Waals surface area contributed by atoms with E-state index in [4.69, 9.17) is 5.73 Å². The van der Waals surface area contributed by atoms with Gasteiger partial charge in [0.1, 0.15) is 11.4 Å². The summed E-state index contributed by atoms with van der Waals surface area (Å²) < 4.78 is 0. The molecule has 2 aromatic carbocycles. The topological polar surface area (TPSA) is 84.4 Å². The molecule has 0 aliphatic carbocycles. The minimum absolute atomic E-state index is 0.107. The summed E-state index contributed by atoms with van der Waals surface area (Å²) in [6.45, 7) is 2.02. The second kappa shape index (κ2) is 5.70. The van der Waals surface area contributed by atoms with Gasteiger partial charge in [-0.25, -0.2) is 0 Å². The van der Waals surface area contributed by atoms with Crippen LogP contribution in [-0.2, 0) is 0 Å². The molecular formula is C15H18N4O2. The summed E-state index contributed by atoms with van der Waals surface area (Å²) in [6.07, 6.45) is 0. The third-order valence-electron chi connectivity index (χ3n) is 3.22. The number of nitro benzene ring substituents is 1. The highest BCUT2D eigenvalue weighted by Crippen LogP contribution is 2.33. The van der Waals surface area contributed by atoms with E-state index in [2.05, 4.69) is 5.32 Å². The number of rotatable bonds is 4. The molecule has 2 aromatic rings. The van der Waals surface area contributed by atoms with Crippen LogP contribution in [0, 0.1) is 17.0 Å². The van der Waals surface area contributed by atoms with Crippen molar-refractivity contribution in [2.75, 3.05) is 30.0 Å². The van der Waals surface area contributed by atoms with Crippen molar-refractivity contribution in [3.05, 3.63) is 52.1 Å². The molecule has 0 heterocycles. The van der Waals surface area contributed by atoms with Gasteiger partial charge in [-0.15, -0.1) is 0 Å². The average Bonchev–Trinajstić information content (AvgIpc) is 2.40. The Balaban J connectivity index is 2.42. The smallest absolute Gasteiger partial charge is 0.315 e. The van der Waals surface area contributed by atoms with Crippen LogP contribution in [0.1, 0.15) is 5.56 Å². The van der Waals surface area contributed by atoms with Crippen LogP contribution in [0.15, 0.2) is 36.4 Å². The van der Waals surface area contributed by atoms with Crippen molar-refractivity contribution in [1.29, 1.82) is 0 Å². The number of nitrogens with two attached hydrogens (primary N) is 1. The van der Waals surface area contributed by atoms with Crippen molar-refractivity contribution >= 4 is 28.4 Å². The van der Waals surface area contributed by atoms with Crippen molar-refractivity contribution < 1.29 is 4.92 Å². The molecule has 0 aromatic heterocycles. The van der Waals surface area contributed by atoms with Crippen LogP contribution in [0.3, 0.4) is 0 Å². The zero-order valence-electron chi connectivity index (χ0n) is 12.3. The van der Waals surface area contributed by atoms with Crippen molar-refractivity contribution in [2.45, 2.75) is 6.92 Å². The number of nitrogens with one attached hydrogen (secondary N) is 1. The minimum Gasteiger partial charge on any atom is -0.393 e. The van der Waals surface area contributed by atoms with Gasteiger partial charge in [0.25, 0.3) is 0 Å². The largest absolute Gasteiger partial charge is 0.393 e. The van der Waals surface area contributed by atoms with Crippen LogP contribution in [0.25, 0.3) is 0 Å². The first-order valence-corrected chi connectivity index (χ1v) is 6.48. The molecule has 110 valence electrons. The van der Waals surface area contributed by atoms with Gasteiger partial charge in [0.15, 0.2) is 0 Å². The molecule has 0 aliphatic rings. The normalized spacial score (nSPS) is 10.2. The first-order valence-electron chi connectivity index (χ1n) is 6.48. The number of benzene rings is 2. The number of nitro groups is 1. The quantitative estimate of drug-likeness (QED) is 0.512. The molecule has 0 aliphatic heterocycles. The molecule has 0 saturated carbocycles. The third-order valence-corrected chi connectivity index (χ3v) is 3.22. The Labute approximate surface area is 123 Å². The Kier molecular flexibility index (Phi) is 3.98. The number of nitrogen functional groups attached to an aromatic ring is 1. The second-order valence-corrected chi connectivity index (χ2v) is 5.02. The lowest BCUT2D eigenvalue weighted by atomic mass is 10.1. The third kappa shape index (κ3) is 3.05. The molecule has 0 amide bonds. The van der Waals surface area contributed by atoms with Crippen molar-refractivity contribution in [3.8, 4) is 0 Å². The fourth-order valence-corrected chi connectivity index (χ4v) is 2.19. The van der Waals surface area contributed by atoms with Gasteiger partial charge in [-0.1, -0.05) is 12.1 Å². The molecule has 0 radical (unpaired) electrons. The molecular weight excluding hydrogens is 268 g/mol. The monoisotopic (exact) mass is 286 g/mol. The summed E-state index contributed by atoms with van der Waals surface area (Å²) in [5, 5.41) is 14.2. The summed E-state index contributed by atoms with van der Waals surface area (Å²) in [7, 11) is 3.91. The fraction of sp³-hybridized carbons (Fsp3) is 0.200. The van der Waals surface area contributed by atoms with Gasteiger partial charge in [-0.05, 0) is 36.8 Å². The van der Waals surface area contributed by atoms with Gasteiger partial charge >= 0.3 is 5.69 Å². The van der Waals surface area contributed by atoms with Crippen LogP contribution in [-0.4, -0.2) is 19.0 Å². The Morgan fingerprint density at radius 1 is 1.24 bits per heavy atom. The van der Waals surface area contributed by atoms with Crippen LogP contribution in [0.2, 0.25) is 0 Å². The SMILES string of the molecule is Cc1ccc(Nc2cccc(N)c2[N+](=O)[O-])cc1N(C)C. The molecule has 2 rings (SSSR count). The molecule has 0 atom stereocenters. The average molecular weight is 286 g/mol. The maximum atomic E-state index is 11.1. The first-order chi connectivity index (χ1) is 9.90. The number of hydrogen-bond acceptors (Lipinski definition) is 5. The van der Waals surface area contributed by atoms with Gasteiger partial charge < -0.3 is 16.0 Å². The number of anilines is 4. The zero-order chi connectivity index (χ0) is 15.6. The van der Waals surface area contributed by atoms with Gasteiger partial charge in [0.2, 0.25) is 0 Å². The zero-order valence-corrected chi connectivity index (χ0v) is 12.3. The van der Waals surface area contributed by atoms with E-state index in [1.54, 1.807) is 12.1 Å². The van der Waals surface area contributed by atoms with E-state index < -0.39 is 4.92 Å². The van der Waals surface area contributed by atoms with E-state index in [-0.39, 0.29) is 11.4 Å². The number of aryl methyl sites for hydroxylation is 1. The van der Waals surface area contributed by atoms with E-state index in [1.807, 2.05) is 44.1 Å². The van der Waals surface area contributed by atoms with Crippen LogP contribution in [0.4, 0.5) is 28.4 Å². The summed E-state index contributed by atoms with van der Waals surface area (Å²) >= 11 is 0. The standard InChI is InChI=1S/C15H18N4O2/c1-10-7-8-11(9-14(10)18(2)3)17-13-6-4-5-12(16)15(13)19(20)21/h4-9,17H,16H2,1-3H3. The van der Waals surface area contributed by atoms with E-state index >= 15 is 0 Å². The van der Waals surface area contributed by atoms with Crippen LogP contribution in [0.5, 0.6) is 0 Å². The second-order valence-electron chi connectivity index (χ2n) is 5.02. The lowest BCUT2D eigenvalue weighted by molar-refractivity contribution is -0.383. The van der Waals surface area contributed by atoms with Crippen LogP contribution >= 0.6 is 0 Å². The molecule has 21 heavy (non-hydrogen) atoms. The highest BCUT2D eigenvalue weighted by Gasteiger charge is 2.17.